The molecule has 0 aliphatic rings. The fourth-order valence-electron chi connectivity index (χ4n) is 1.98. The quantitative estimate of drug-likeness (QED) is 0.869. The zero-order valence-corrected chi connectivity index (χ0v) is 14.2. The predicted octanol–water partition coefficient (Wildman–Crippen LogP) is 3.86. The maximum absolute atomic E-state index is 6.14. The van der Waals surface area contributed by atoms with Crippen molar-refractivity contribution in [2.75, 3.05) is 43.7 Å². The lowest BCUT2D eigenvalue weighted by Gasteiger charge is -2.17. The molecular weight excluding hydrogens is 278 g/mol. The summed E-state index contributed by atoms with van der Waals surface area (Å²) in [5.74, 6) is 0. The molecule has 21 heavy (non-hydrogen) atoms. The first-order chi connectivity index (χ1) is 9.88. The van der Waals surface area contributed by atoms with Gasteiger partial charge < -0.3 is 15.5 Å². The fraction of sp³-hybridized carbons (Fsp3) is 0.294. The molecule has 0 aliphatic carbocycles. The summed E-state index contributed by atoms with van der Waals surface area (Å²) in [6.07, 6.45) is 0. The summed E-state index contributed by atoms with van der Waals surface area (Å²) in [5.41, 5.74) is 10.6. The van der Waals surface area contributed by atoms with Gasteiger partial charge in [0.2, 0.25) is 0 Å². The molecule has 4 heteroatoms. The number of nitrogens with zero attached hydrogens (tertiary/aromatic N) is 2. The van der Waals surface area contributed by atoms with Gasteiger partial charge in [0.25, 0.3) is 0 Å². The Morgan fingerprint density at radius 2 is 1.33 bits per heavy atom. The molecule has 0 unspecified atom stereocenters. The van der Waals surface area contributed by atoms with Gasteiger partial charge in [-0.05, 0) is 42.8 Å². The smallest absolute Gasteiger partial charge is 0.0457 e. The molecule has 0 saturated heterocycles. The Morgan fingerprint density at radius 1 is 0.810 bits per heavy atom. The van der Waals surface area contributed by atoms with Gasteiger partial charge in [0.15, 0.2) is 0 Å². The van der Waals surface area contributed by atoms with Crippen LogP contribution in [0.4, 0.5) is 17.1 Å². The van der Waals surface area contributed by atoms with E-state index in [0.717, 1.165) is 16.3 Å². The topological polar surface area (TPSA) is 32.5 Å². The normalized spacial score (nSPS) is 10.5. The largest absolute Gasteiger partial charge is 0.398 e. The standard InChI is InChI=1S/C17H23N3S/c1-12-6-7-13(19(2)3)10-16(12)21-17-11-14(20(4)5)8-9-15(17)18/h6-11H,18H2,1-5H3. The van der Waals surface area contributed by atoms with Crippen LogP contribution in [0.2, 0.25) is 0 Å². The molecule has 0 spiro atoms. The number of benzene rings is 2. The Balaban J connectivity index is 2.37. The van der Waals surface area contributed by atoms with Gasteiger partial charge >= 0.3 is 0 Å². The van der Waals surface area contributed by atoms with Crippen molar-refractivity contribution in [2.24, 2.45) is 0 Å². The minimum Gasteiger partial charge on any atom is -0.398 e. The number of nitrogens with two attached hydrogens (primary N) is 1. The van der Waals surface area contributed by atoms with Gasteiger partial charge in [-0.25, -0.2) is 0 Å². The van der Waals surface area contributed by atoms with Crippen LogP contribution in [0.15, 0.2) is 46.2 Å². The number of hydrogen-bond donors (Lipinski definition) is 1. The minimum atomic E-state index is 0.820. The first-order valence-electron chi connectivity index (χ1n) is 6.91. The van der Waals surface area contributed by atoms with Crippen molar-refractivity contribution in [3.63, 3.8) is 0 Å². The van der Waals surface area contributed by atoms with Crippen LogP contribution < -0.4 is 15.5 Å². The van der Waals surface area contributed by atoms with E-state index in [2.05, 4.69) is 55.1 Å². The van der Waals surface area contributed by atoms with Gasteiger partial charge in [-0.15, -0.1) is 0 Å². The van der Waals surface area contributed by atoms with E-state index in [9.17, 15) is 0 Å². The first-order valence-corrected chi connectivity index (χ1v) is 7.73. The number of aryl methyl sites for hydroxylation is 1. The zero-order chi connectivity index (χ0) is 15.6. The average Bonchev–Trinajstić information content (AvgIpc) is 2.43. The van der Waals surface area contributed by atoms with E-state index in [1.807, 2.05) is 26.2 Å². The fourth-order valence-corrected chi connectivity index (χ4v) is 3.00. The third kappa shape index (κ3) is 3.64. The molecule has 0 aromatic heterocycles. The molecule has 2 aromatic carbocycles. The number of nitrogen functional groups attached to an aromatic ring is 1. The molecule has 2 rings (SSSR count). The molecule has 0 saturated carbocycles. The van der Waals surface area contributed by atoms with E-state index in [1.165, 1.54) is 16.1 Å². The molecule has 0 amide bonds. The second kappa shape index (κ2) is 6.31. The molecule has 0 heterocycles. The van der Waals surface area contributed by atoms with E-state index in [-0.39, 0.29) is 0 Å². The van der Waals surface area contributed by atoms with Gasteiger partial charge in [-0.3, -0.25) is 0 Å². The maximum atomic E-state index is 6.14. The lowest BCUT2D eigenvalue weighted by molar-refractivity contribution is 1.11. The molecule has 0 bridgehead atoms. The second-order valence-corrected chi connectivity index (χ2v) is 6.65. The second-order valence-electron chi connectivity index (χ2n) is 5.56. The molecule has 0 atom stereocenters. The number of anilines is 3. The van der Waals surface area contributed by atoms with Crippen LogP contribution in [0.1, 0.15) is 5.56 Å². The van der Waals surface area contributed by atoms with E-state index in [0.29, 0.717) is 0 Å². The average molecular weight is 301 g/mol. The van der Waals surface area contributed by atoms with Crippen molar-refractivity contribution >= 4 is 28.8 Å². The van der Waals surface area contributed by atoms with Crippen LogP contribution in [0.25, 0.3) is 0 Å². The monoisotopic (exact) mass is 301 g/mol. The SMILES string of the molecule is Cc1ccc(N(C)C)cc1Sc1cc(N(C)C)ccc1N. The molecular formula is C17H23N3S. The summed E-state index contributed by atoms with van der Waals surface area (Å²) in [6.45, 7) is 2.13. The summed E-state index contributed by atoms with van der Waals surface area (Å²) in [5, 5.41) is 0. The van der Waals surface area contributed by atoms with Gasteiger partial charge in [0.05, 0.1) is 0 Å². The predicted molar refractivity (Wildman–Crippen MR) is 94.8 cm³/mol. The minimum absolute atomic E-state index is 0.820. The van der Waals surface area contributed by atoms with Crippen molar-refractivity contribution < 1.29 is 0 Å². The van der Waals surface area contributed by atoms with Crippen LogP contribution in [0.3, 0.4) is 0 Å². The molecule has 2 N–H and O–H groups in total. The van der Waals surface area contributed by atoms with Crippen molar-refractivity contribution in [3.05, 3.63) is 42.0 Å². The maximum Gasteiger partial charge on any atom is 0.0457 e. The summed E-state index contributed by atoms with van der Waals surface area (Å²) in [6, 6.07) is 12.7. The molecule has 2 aromatic rings. The van der Waals surface area contributed by atoms with Crippen LogP contribution >= 0.6 is 11.8 Å². The third-order valence-electron chi connectivity index (χ3n) is 3.42. The molecule has 112 valence electrons. The van der Waals surface area contributed by atoms with E-state index in [1.54, 1.807) is 11.8 Å². The van der Waals surface area contributed by atoms with Crippen LogP contribution in [-0.4, -0.2) is 28.2 Å². The highest BCUT2D eigenvalue weighted by molar-refractivity contribution is 7.99. The Kier molecular flexibility index (Phi) is 4.68. The van der Waals surface area contributed by atoms with Crippen molar-refractivity contribution in [1.29, 1.82) is 0 Å². The van der Waals surface area contributed by atoms with E-state index < -0.39 is 0 Å². The van der Waals surface area contributed by atoms with E-state index in [4.69, 9.17) is 5.73 Å². The zero-order valence-electron chi connectivity index (χ0n) is 13.3. The third-order valence-corrected chi connectivity index (χ3v) is 4.65. The van der Waals surface area contributed by atoms with Crippen LogP contribution in [0, 0.1) is 6.92 Å². The first kappa shape index (κ1) is 15.6. The summed E-state index contributed by atoms with van der Waals surface area (Å²) in [4.78, 5) is 6.54. The summed E-state index contributed by atoms with van der Waals surface area (Å²) >= 11 is 1.73. The Labute approximate surface area is 131 Å². The van der Waals surface area contributed by atoms with Crippen LogP contribution in [0.5, 0.6) is 0 Å². The van der Waals surface area contributed by atoms with E-state index >= 15 is 0 Å². The molecule has 0 aliphatic heterocycles. The van der Waals surface area contributed by atoms with Gasteiger partial charge in [0, 0.05) is 55.0 Å². The van der Waals surface area contributed by atoms with Gasteiger partial charge in [-0.2, -0.15) is 0 Å². The Morgan fingerprint density at radius 3 is 1.90 bits per heavy atom. The highest BCUT2D eigenvalue weighted by atomic mass is 32.2. The Bertz CT molecular complexity index is 580. The number of hydrogen-bond acceptors (Lipinski definition) is 4. The van der Waals surface area contributed by atoms with Crippen molar-refractivity contribution in [2.45, 2.75) is 16.7 Å². The summed E-state index contributed by atoms with van der Waals surface area (Å²) in [7, 11) is 8.19. The molecule has 0 radical (unpaired) electrons. The highest BCUT2D eigenvalue weighted by Gasteiger charge is 2.08. The Hall–Kier alpha value is -1.81. The van der Waals surface area contributed by atoms with Crippen LogP contribution in [-0.2, 0) is 0 Å². The highest BCUT2D eigenvalue weighted by Crippen LogP contribution is 2.37. The number of rotatable bonds is 4. The van der Waals surface area contributed by atoms with Gasteiger partial charge in [0.1, 0.15) is 0 Å². The summed E-state index contributed by atoms with van der Waals surface area (Å²) < 4.78 is 0. The molecule has 3 nitrogen and oxygen atoms in total. The van der Waals surface area contributed by atoms with Gasteiger partial charge in [-0.1, -0.05) is 17.8 Å². The molecule has 0 fully saturated rings. The lowest BCUT2D eigenvalue weighted by Crippen LogP contribution is -2.09. The van der Waals surface area contributed by atoms with Crippen molar-refractivity contribution in [3.8, 4) is 0 Å². The van der Waals surface area contributed by atoms with Crippen molar-refractivity contribution in [1.82, 2.24) is 0 Å². The lowest BCUT2D eigenvalue weighted by atomic mass is 10.2.